The van der Waals surface area contributed by atoms with Gasteiger partial charge in [-0.2, -0.15) is 0 Å². The van der Waals surface area contributed by atoms with Crippen LogP contribution in [0.25, 0.3) is 0 Å². The Labute approximate surface area is 80.5 Å². The van der Waals surface area contributed by atoms with Gasteiger partial charge in [0.2, 0.25) is 5.91 Å². The average Bonchev–Trinajstić information content (AvgIpc) is 2.18. The lowest BCUT2D eigenvalue weighted by Gasteiger charge is -2.32. The highest BCUT2D eigenvalue weighted by Gasteiger charge is 2.21. The number of hydrogen-bond acceptors (Lipinski definition) is 2. The van der Waals surface area contributed by atoms with E-state index in [0.717, 1.165) is 19.0 Å². The number of nitrogens with zero attached hydrogens (tertiary/aromatic N) is 1. The zero-order valence-corrected chi connectivity index (χ0v) is 8.68. The minimum Gasteiger partial charge on any atom is -0.341 e. The van der Waals surface area contributed by atoms with Crippen molar-refractivity contribution < 1.29 is 4.79 Å². The smallest absolute Gasteiger partial charge is 0.236 e. The zero-order valence-electron chi connectivity index (χ0n) is 8.68. The van der Waals surface area contributed by atoms with Gasteiger partial charge in [0, 0.05) is 13.1 Å². The number of hydrogen-bond donors (Lipinski definition) is 1. The van der Waals surface area contributed by atoms with Crippen molar-refractivity contribution in [2.45, 2.75) is 26.2 Å². The van der Waals surface area contributed by atoms with E-state index in [1.165, 1.54) is 19.3 Å². The summed E-state index contributed by atoms with van der Waals surface area (Å²) in [6, 6.07) is 0. The van der Waals surface area contributed by atoms with Crippen LogP contribution in [0.3, 0.4) is 0 Å². The van der Waals surface area contributed by atoms with Gasteiger partial charge in [0.25, 0.3) is 0 Å². The molecule has 0 saturated carbocycles. The van der Waals surface area contributed by atoms with Gasteiger partial charge in [0.15, 0.2) is 0 Å². The fourth-order valence-corrected chi connectivity index (χ4v) is 1.89. The predicted molar refractivity (Wildman–Crippen MR) is 53.5 cm³/mol. The standard InChI is InChI=1S/C10H20N2O/c1-3-9-5-4-6-12(8-9)10(13)7-11-2/h9,11H,3-8H2,1-2H3. The maximum Gasteiger partial charge on any atom is 0.236 e. The van der Waals surface area contributed by atoms with Gasteiger partial charge in [-0.1, -0.05) is 13.3 Å². The van der Waals surface area contributed by atoms with E-state index < -0.39 is 0 Å². The first-order valence-corrected chi connectivity index (χ1v) is 5.20. The van der Waals surface area contributed by atoms with Crippen molar-refractivity contribution in [3.8, 4) is 0 Å². The summed E-state index contributed by atoms with van der Waals surface area (Å²) in [5.41, 5.74) is 0. The molecule has 3 nitrogen and oxygen atoms in total. The number of carbonyl (C=O) groups is 1. The molecular formula is C10H20N2O. The van der Waals surface area contributed by atoms with Gasteiger partial charge in [-0.25, -0.2) is 0 Å². The molecule has 76 valence electrons. The van der Waals surface area contributed by atoms with Crippen LogP contribution in [-0.4, -0.2) is 37.5 Å². The zero-order chi connectivity index (χ0) is 9.68. The third kappa shape index (κ3) is 2.99. The van der Waals surface area contributed by atoms with E-state index in [9.17, 15) is 4.79 Å². The topological polar surface area (TPSA) is 32.3 Å². The van der Waals surface area contributed by atoms with Crippen molar-refractivity contribution >= 4 is 5.91 Å². The minimum atomic E-state index is 0.251. The number of likely N-dealkylation sites (tertiary alicyclic amines) is 1. The van der Waals surface area contributed by atoms with E-state index >= 15 is 0 Å². The molecule has 0 aliphatic carbocycles. The van der Waals surface area contributed by atoms with Crippen LogP contribution in [0, 0.1) is 5.92 Å². The largest absolute Gasteiger partial charge is 0.341 e. The Hall–Kier alpha value is -0.570. The fourth-order valence-electron chi connectivity index (χ4n) is 1.89. The van der Waals surface area contributed by atoms with Crippen LogP contribution in [0.1, 0.15) is 26.2 Å². The molecule has 13 heavy (non-hydrogen) atoms. The van der Waals surface area contributed by atoms with E-state index in [-0.39, 0.29) is 5.91 Å². The van der Waals surface area contributed by atoms with Crippen LogP contribution >= 0.6 is 0 Å². The Morgan fingerprint density at radius 3 is 3.00 bits per heavy atom. The van der Waals surface area contributed by atoms with Crippen molar-refractivity contribution in [2.75, 3.05) is 26.7 Å². The Balaban J connectivity index is 2.37. The Morgan fingerprint density at radius 1 is 1.62 bits per heavy atom. The molecule has 1 N–H and O–H groups in total. The van der Waals surface area contributed by atoms with Gasteiger partial charge in [0.1, 0.15) is 0 Å². The average molecular weight is 184 g/mol. The highest BCUT2D eigenvalue weighted by molar-refractivity contribution is 5.78. The van der Waals surface area contributed by atoms with Crippen LogP contribution in [0.5, 0.6) is 0 Å². The normalized spacial score (nSPS) is 23.2. The quantitative estimate of drug-likeness (QED) is 0.705. The summed E-state index contributed by atoms with van der Waals surface area (Å²) in [4.78, 5) is 13.5. The predicted octanol–water partition coefficient (Wildman–Crippen LogP) is 0.854. The summed E-state index contributed by atoms with van der Waals surface area (Å²) < 4.78 is 0. The van der Waals surface area contributed by atoms with Crippen LogP contribution in [0.15, 0.2) is 0 Å². The van der Waals surface area contributed by atoms with E-state index in [2.05, 4.69) is 12.2 Å². The third-order valence-corrected chi connectivity index (χ3v) is 2.78. The van der Waals surface area contributed by atoms with Crippen molar-refractivity contribution in [1.82, 2.24) is 10.2 Å². The molecule has 3 heteroatoms. The van der Waals surface area contributed by atoms with Crippen molar-refractivity contribution in [3.05, 3.63) is 0 Å². The summed E-state index contributed by atoms with van der Waals surface area (Å²) >= 11 is 0. The van der Waals surface area contributed by atoms with E-state index in [1.807, 2.05) is 11.9 Å². The minimum absolute atomic E-state index is 0.251. The molecule has 1 aliphatic rings. The fraction of sp³-hybridized carbons (Fsp3) is 0.900. The summed E-state index contributed by atoms with van der Waals surface area (Å²) in [6.45, 7) is 4.61. The second kappa shape index (κ2) is 5.22. The molecule has 1 unspecified atom stereocenters. The lowest BCUT2D eigenvalue weighted by atomic mass is 9.96. The first-order chi connectivity index (χ1) is 6.27. The number of rotatable bonds is 3. The Kier molecular flexibility index (Phi) is 4.22. The van der Waals surface area contributed by atoms with Crippen LogP contribution in [0.2, 0.25) is 0 Å². The number of nitrogens with one attached hydrogen (secondary N) is 1. The molecule has 1 aliphatic heterocycles. The maximum atomic E-state index is 11.5. The third-order valence-electron chi connectivity index (χ3n) is 2.78. The lowest BCUT2D eigenvalue weighted by Crippen LogP contribution is -2.43. The molecule has 0 bridgehead atoms. The summed E-state index contributed by atoms with van der Waals surface area (Å²) in [7, 11) is 1.82. The molecule has 0 aromatic heterocycles. The molecule has 0 radical (unpaired) electrons. The first-order valence-electron chi connectivity index (χ1n) is 5.20. The molecular weight excluding hydrogens is 164 g/mol. The van der Waals surface area contributed by atoms with Gasteiger partial charge >= 0.3 is 0 Å². The van der Waals surface area contributed by atoms with Crippen LogP contribution in [-0.2, 0) is 4.79 Å². The molecule has 0 aromatic carbocycles. The number of amides is 1. The van der Waals surface area contributed by atoms with Gasteiger partial charge in [-0.05, 0) is 25.8 Å². The Bertz CT molecular complexity index is 170. The van der Waals surface area contributed by atoms with Crippen LogP contribution in [0.4, 0.5) is 0 Å². The molecule has 1 saturated heterocycles. The SMILES string of the molecule is CCC1CCCN(C(=O)CNC)C1. The molecule has 1 heterocycles. The van der Waals surface area contributed by atoms with E-state index in [0.29, 0.717) is 6.54 Å². The monoisotopic (exact) mass is 184 g/mol. The van der Waals surface area contributed by atoms with Crippen molar-refractivity contribution in [3.63, 3.8) is 0 Å². The van der Waals surface area contributed by atoms with Crippen molar-refractivity contribution in [2.24, 2.45) is 5.92 Å². The highest BCUT2D eigenvalue weighted by atomic mass is 16.2. The van der Waals surface area contributed by atoms with Gasteiger partial charge in [-0.15, -0.1) is 0 Å². The van der Waals surface area contributed by atoms with Gasteiger partial charge < -0.3 is 10.2 Å². The summed E-state index contributed by atoms with van der Waals surface area (Å²) in [5.74, 6) is 0.982. The number of carbonyl (C=O) groups excluding carboxylic acids is 1. The Morgan fingerprint density at radius 2 is 2.38 bits per heavy atom. The van der Waals surface area contributed by atoms with E-state index in [4.69, 9.17) is 0 Å². The molecule has 0 spiro atoms. The molecule has 1 atom stereocenters. The molecule has 1 rings (SSSR count). The molecule has 0 aromatic rings. The molecule has 1 amide bonds. The van der Waals surface area contributed by atoms with Crippen LogP contribution < -0.4 is 5.32 Å². The summed E-state index contributed by atoms with van der Waals surface area (Å²) in [5, 5.41) is 2.91. The second-order valence-corrected chi connectivity index (χ2v) is 3.79. The highest BCUT2D eigenvalue weighted by Crippen LogP contribution is 2.18. The van der Waals surface area contributed by atoms with Gasteiger partial charge in [-0.3, -0.25) is 4.79 Å². The lowest BCUT2D eigenvalue weighted by molar-refractivity contribution is -0.131. The number of likely N-dealkylation sites (N-methyl/N-ethyl adjacent to an activating group) is 1. The second-order valence-electron chi connectivity index (χ2n) is 3.79. The molecule has 1 fully saturated rings. The first kappa shape index (κ1) is 10.5. The number of piperidine rings is 1. The van der Waals surface area contributed by atoms with Gasteiger partial charge in [0.05, 0.1) is 6.54 Å². The van der Waals surface area contributed by atoms with E-state index in [1.54, 1.807) is 0 Å². The van der Waals surface area contributed by atoms with Crippen molar-refractivity contribution in [1.29, 1.82) is 0 Å². The summed E-state index contributed by atoms with van der Waals surface area (Å²) in [6.07, 6.45) is 3.66. The maximum absolute atomic E-state index is 11.5.